The van der Waals surface area contributed by atoms with Crippen LogP contribution in [-0.2, 0) is 25.4 Å². The van der Waals surface area contributed by atoms with Gasteiger partial charge in [0.25, 0.3) is 0 Å². The predicted octanol–water partition coefficient (Wildman–Crippen LogP) is 4.69. The average Bonchev–Trinajstić information content (AvgIpc) is 3.32. The third-order valence-electron chi connectivity index (χ3n) is 5.64. The minimum absolute atomic E-state index is 0.277. The fraction of sp³-hybridized carbons (Fsp3) is 0.346. The molecular formula is C26H31ClN7O5P. The molecule has 0 aliphatic rings. The summed E-state index contributed by atoms with van der Waals surface area (Å²) in [6.07, 6.45) is 3.43. The molecule has 1 aromatic carbocycles. The number of halogens is 1. The lowest BCUT2D eigenvalue weighted by atomic mass is 10.1. The molecular weight excluding hydrogens is 557 g/mol. The highest BCUT2D eigenvalue weighted by Gasteiger charge is 2.32. The number of nitrogens with one attached hydrogen (secondary N) is 1. The minimum Gasteiger partial charge on any atom is -0.462 e. The summed E-state index contributed by atoms with van der Waals surface area (Å²) in [7, 11) is -3.76. The Kier molecular flexibility index (Phi) is 9.36. The molecule has 212 valence electrons. The normalized spacial score (nSPS) is 14.6. The van der Waals surface area contributed by atoms with Gasteiger partial charge in [-0.05, 0) is 64.1 Å². The standard InChI is InChI=1S/C26H31ClN7O5P/c1-16(2)38-26(35)18(4)33-40(36,39-21-8-5-19(6-9-21)22-10-7-20(27)11-29-22)15-37-17(3)12-34-14-32-23-24(28)30-13-31-25(23)34/h5-11,13-14,16-18H,12,15H2,1-4H3,(H,33,36)(H2,28,30,31)/t17-,18+,40?/m1/s1. The summed E-state index contributed by atoms with van der Waals surface area (Å²) < 4.78 is 32.9. The molecule has 0 aliphatic carbocycles. The van der Waals surface area contributed by atoms with Gasteiger partial charge in [-0.2, -0.15) is 0 Å². The van der Waals surface area contributed by atoms with Gasteiger partial charge < -0.3 is 24.3 Å². The van der Waals surface area contributed by atoms with Crippen LogP contribution >= 0.6 is 19.1 Å². The predicted molar refractivity (Wildman–Crippen MR) is 152 cm³/mol. The number of aromatic nitrogens is 5. The Morgan fingerprint density at radius 1 is 1.07 bits per heavy atom. The number of rotatable bonds is 12. The molecule has 0 aliphatic heterocycles. The molecule has 14 heteroatoms. The number of benzene rings is 1. The molecule has 3 N–H and O–H groups in total. The van der Waals surface area contributed by atoms with E-state index in [2.05, 4.69) is 25.0 Å². The Balaban J connectivity index is 1.48. The number of nitrogens with zero attached hydrogens (tertiary/aromatic N) is 5. The van der Waals surface area contributed by atoms with E-state index < -0.39 is 25.6 Å². The van der Waals surface area contributed by atoms with Crippen molar-refractivity contribution in [2.75, 3.05) is 12.1 Å². The van der Waals surface area contributed by atoms with Gasteiger partial charge in [0.15, 0.2) is 11.5 Å². The zero-order valence-corrected chi connectivity index (χ0v) is 24.2. The molecule has 3 aromatic heterocycles. The Bertz CT molecular complexity index is 1500. The number of esters is 1. The number of carbonyl (C=O) groups excluding carboxylic acids is 1. The molecule has 4 rings (SSSR count). The van der Waals surface area contributed by atoms with Crippen LogP contribution in [0.2, 0.25) is 5.02 Å². The van der Waals surface area contributed by atoms with Crippen LogP contribution < -0.4 is 15.3 Å². The zero-order valence-electron chi connectivity index (χ0n) is 22.5. The number of imidazole rings is 1. The number of hydrogen-bond acceptors (Lipinski definition) is 10. The van der Waals surface area contributed by atoms with Crippen LogP contribution in [0.1, 0.15) is 27.7 Å². The van der Waals surface area contributed by atoms with Crippen LogP contribution in [0.5, 0.6) is 5.75 Å². The molecule has 0 bridgehead atoms. The van der Waals surface area contributed by atoms with E-state index in [9.17, 15) is 9.36 Å². The number of anilines is 1. The van der Waals surface area contributed by atoms with Crippen LogP contribution in [0.3, 0.4) is 0 Å². The van der Waals surface area contributed by atoms with Crippen LogP contribution in [0.4, 0.5) is 5.82 Å². The van der Waals surface area contributed by atoms with Gasteiger partial charge in [0, 0.05) is 11.8 Å². The third kappa shape index (κ3) is 7.54. The van der Waals surface area contributed by atoms with Crippen molar-refractivity contribution in [3.05, 3.63) is 60.3 Å². The number of nitrogen functional groups attached to an aromatic ring is 1. The van der Waals surface area contributed by atoms with Crippen molar-refractivity contribution in [1.29, 1.82) is 0 Å². The first-order valence-corrected chi connectivity index (χ1v) is 14.7. The minimum atomic E-state index is -3.76. The first-order valence-electron chi connectivity index (χ1n) is 12.5. The molecule has 0 fully saturated rings. The lowest BCUT2D eigenvalue weighted by Crippen LogP contribution is -2.37. The van der Waals surface area contributed by atoms with Crippen LogP contribution in [0.15, 0.2) is 55.2 Å². The van der Waals surface area contributed by atoms with Gasteiger partial charge in [0.05, 0.1) is 35.8 Å². The van der Waals surface area contributed by atoms with Gasteiger partial charge in [-0.15, -0.1) is 0 Å². The van der Waals surface area contributed by atoms with E-state index in [1.165, 1.54) is 6.33 Å². The first kappa shape index (κ1) is 29.4. The molecule has 40 heavy (non-hydrogen) atoms. The average molecular weight is 588 g/mol. The first-order chi connectivity index (χ1) is 19.0. The summed E-state index contributed by atoms with van der Waals surface area (Å²) in [5, 5.41) is 3.34. The van der Waals surface area contributed by atoms with Crippen molar-refractivity contribution in [3.8, 4) is 17.0 Å². The van der Waals surface area contributed by atoms with E-state index >= 15 is 0 Å². The maximum Gasteiger partial charge on any atom is 0.342 e. The van der Waals surface area contributed by atoms with Gasteiger partial charge in [-0.3, -0.25) is 14.3 Å². The summed E-state index contributed by atoms with van der Waals surface area (Å²) >= 11 is 5.93. The number of fused-ring (bicyclic) bond motifs is 1. The lowest BCUT2D eigenvalue weighted by Gasteiger charge is -2.25. The molecule has 0 spiro atoms. The number of ether oxygens (including phenoxy) is 2. The zero-order chi connectivity index (χ0) is 28.9. The van der Waals surface area contributed by atoms with E-state index in [1.807, 2.05) is 6.92 Å². The van der Waals surface area contributed by atoms with Crippen LogP contribution in [0.25, 0.3) is 22.4 Å². The molecule has 3 atom stereocenters. The summed E-state index contributed by atoms with van der Waals surface area (Å²) in [5.74, 6) is 0.0414. The smallest absolute Gasteiger partial charge is 0.342 e. The van der Waals surface area contributed by atoms with E-state index in [1.54, 1.807) is 74.3 Å². The van der Waals surface area contributed by atoms with Crippen LogP contribution in [-0.4, -0.2) is 55.1 Å². The fourth-order valence-corrected chi connectivity index (χ4v) is 5.66. The van der Waals surface area contributed by atoms with E-state index in [0.717, 1.165) is 11.3 Å². The third-order valence-corrected chi connectivity index (χ3v) is 7.64. The SMILES string of the molecule is CC(C)OC(=O)[C@H](C)NP(=O)(CO[C@H](C)Cn1cnc2c(N)ncnc21)Oc1ccc(-c2ccc(Cl)cn2)cc1. The number of carbonyl (C=O) groups is 1. The molecule has 12 nitrogen and oxygen atoms in total. The Labute approximate surface area is 236 Å². The quantitative estimate of drug-likeness (QED) is 0.175. The molecule has 0 radical (unpaired) electrons. The molecule has 4 aromatic rings. The second kappa shape index (κ2) is 12.7. The Morgan fingerprint density at radius 2 is 1.82 bits per heavy atom. The largest absolute Gasteiger partial charge is 0.462 e. The van der Waals surface area contributed by atoms with Crippen molar-refractivity contribution in [2.45, 2.75) is 52.5 Å². The number of pyridine rings is 1. The molecule has 0 saturated heterocycles. The van der Waals surface area contributed by atoms with Gasteiger partial charge in [0.2, 0.25) is 0 Å². The van der Waals surface area contributed by atoms with Crippen molar-refractivity contribution < 1.29 is 23.4 Å². The van der Waals surface area contributed by atoms with Gasteiger partial charge >= 0.3 is 13.5 Å². The van der Waals surface area contributed by atoms with Crippen molar-refractivity contribution >= 4 is 42.1 Å². The molecule has 1 unspecified atom stereocenters. The maximum absolute atomic E-state index is 14.0. The summed E-state index contributed by atoms with van der Waals surface area (Å²) in [6, 6.07) is 9.54. The summed E-state index contributed by atoms with van der Waals surface area (Å²) in [5.41, 5.74) is 8.46. The highest BCUT2D eigenvalue weighted by atomic mass is 35.5. The van der Waals surface area contributed by atoms with E-state index in [-0.39, 0.29) is 18.3 Å². The molecule has 0 amide bonds. The van der Waals surface area contributed by atoms with Gasteiger partial charge in [0.1, 0.15) is 30.0 Å². The maximum atomic E-state index is 14.0. The summed E-state index contributed by atoms with van der Waals surface area (Å²) in [4.78, 5) is 29.2. The second-order valence-electron chi connectivity index (χ2n) is 9.42. The van der Waals surface area contributed by atoms with E-state index in [0.29, 0.717) is 28.5 Å². The highest BCUT2D eigenvalue weighted by Crippen LogP contribution is 2.44. The monoisotopic (exact) mass is 587 g/mol. The van der Waals surface area contributed by atoms with Crippen LogP contribution in [0, 0.1) is 0 Å². The molecule has 3 heterocycles. The Hall–Kier alpha value is -3.57. The Morgan fingerprint density at radius 3 is 2.50 bits per heavy atom. The fourth-order valence-electron chi connectivity index (χ4n) is 3.76. The molecule has 0 saturated carbocycles. The highest BCUT2D eigenvalue weighted by molar-refractivity contribution is 7.57. The van der Waals surface area contributed by atoms with Crippen molar-refractivity contribution in [1.82, 2.24) is 29.6 Å². The lowest BCUT2D eigenvalue weighted by molar-refractivity contribution is -0.149. The van der Waals surface area contributed by atoms with Crippen molar-refractivity contribution in [3.63, 3.8) is 0 Å². The van der Waals surface area contributed by atoms with E-state index in [4.69, 9.17) is 31.3 Å². The van der Waals surface area contributed by atoms with Crippen molar-refractivity contribution in [2.24, 2.45) is 0 Å². The van der Waals surface area contributed by atoms with Gasteiger partial charge in [-0.25, -0.2) is 20.0 Å². The second-order valence-corrected chi connectivity index (χ2v) is 11.9. The van der Waals surface area contributed by atoms with Gasteiger partial charge in [-0.1, -0.05) is 11.6 Å². The summed E-state index contributed by atoms with van der Waals surface area (Å²) in [6.45, 7) is 7.19. The topological polar surface area (TPSA) is 156 Å². The number of hydrogen-bond donors (Lipinski definition) is 2. The number of nitrogens with two attached hydrogens (primary N) is 1.